The predicted molar refractivity (Wildman–Crippen MR) is 121 cm³/mol. The van der Waals surface area contributed by atoms with E-state index in [1.807, 2.05) is 17.2 Å². The Bertz CT molecular complexity index is 1140. The molecule has 1 aliphatic heterocycles. The van der Waals surface area contributed by atoms with Gasteiger partial charge < -0.3 is 20.7 Å². The molecule has 2 aromatic heterocycles. The average Bonchev–Trinajstić information content (AvgIpc) is 3.23. The second kappa shape index (κ2) is 10.4. The van der Waals surface area contributed by atoms with Crippen molar-refractivity contribution in [1.29, 1.82) is 0 Å². The number of H-pyrrole nitrogens is 1. The van der Waals surface area contributed by atoms with Gasteiger partial charge in [-0.15, -0.1) is 0 Å². The molecule has 4 N–H and O–H groups in total. The Hall–Kier alpha value is -3.11. The van der Waals surface area contributed by atoms with E-state index in [0.29, 0.717) is 18.0 Å². The van der Waals surface area contributed by atoms with Gasteiger partial charge in [-0.1, -0.05) is 41.9 Å². The Morgan fingerprint density at radius 3 is 2.35 bits per heavy atom. The number of nitrogens with zero attached hydrogens (tertiary/aromatic N) is 2. The first kappa shape index (κ1) is 25.5. The lowest BCUT2D eigenvalue weighted by atomic mass is 9.73. The third-order valence-corrected chi connectivity index (χ3v) is 6.35. The lowest BCUT2D eigenvalue weighted by Gasteiger charge is -2.41. The second-order valence-corrected chi connectivity index (χ2v) is 8.45. The van der Waals surface area contributed by atoms with Gasteiger partial charge in [0.2, 0.25) is 5.91 Å². The van der Waals surface area contributed by atoms with Gasteiger partial charge in [0, 0.05) is 42.8 Å². The van der Waals surface area contributed by atoms with Crippen LogP contribution >= 0.6 is 11.6 Å². The van der Waals surface area contributed by atoms with Crippen LogP contribution in [0, 0.1) is 0 Å². The molecule has 1 saturated heterocycles. The van der Waals surface area contributed by atoms with Gasteiger partial charge in [-0.3, -0.25) is 4.79 Å². The van der Waals surface area contributed by atoms with Crippen molar-refractivity contribution in [3.8, 4) is 0 Å². The predicted octanol–water partition coefficient (Wildman–Crippen LogP) is 3.91. The zero-order valence-electron chi connectivity index (χ0n) is 18.1. The normalized spacial score (nSPS) is 15.5. The summed E-state index contributed by atoms with van der Waals surface area (Å²) in [5.41, 5.74) is 9.00. The average molecular weight is 497 g/mol. The highest BCUT2D eigenvalue weighted by Crippen LogP contribution is 2.35. The maximum Gasteiger partial charge on any atom is 0.490 e. The van der Waals surface area contributed by atoms with Gasteiger partial charge in [-0.25, -0.2) is 9.78 Å². The van der Waals surface area contributed by atoms with Crippen LogP contribution in [0.3, 0.4) is 0 Å². The van der Waals surface area contributed by atoms with Crippen LogP contribution in [-0.2, 0) is 21.4 Å². The van der Waals surface area contributed by atoms with Gasteiger partial charge in [-0.2, -0.15) is 13.2 Å². The van der Waals surface area contributed by atoms with Crippen molar-refractivity contribution in [3.05, 3.63) is 64.9 Å². The van der Waals surface area contributed by atoms with E-state index in [2.05, 4.69) is 34.2 Å². The van der Waals surface area contributed by atoms with Crippen LogP contribution in [0.2, 0.25) is 5.02 Å². The molecule has 0 spiro atoms. The molecule has 0 saturated carbocycles. The second-order valence-electron chi connectivity index (χ2n) is 8.04. The lowest BCUT2D eigenvalue weighted by molar-refractivity contribution is -0.192. The van der Waals surface area contributed by atoms with E-state index in [9.17, 15) is 18.0 Å². The van der Waals surface area contributed by atoms with Gasteiger partial charge in [0.25, 0.3) is 0 Å². The van der Waals surface area contributed by atoms with Crippen LogP contribution < -0.4 is 5.73 Å². The highest BCUT2D eigenvalue weighted by Gasteiger charge is 2.38. The number of fused-ring (bicyclic) bond motifs is 1. The van der Waals surface area contributed by atoms with Crippen LogP contribution in [0.5, 0.6) is 0 Å². The highest BCUT2D eigenvalue weighted by molar-refractivity contribution is 6.35. The van der Waals surface area contributed by atoms with Crippen LogP contribution in [0.1, 0.15) is 24.0 Å². The van der Waals surface area contributed by atoms with E-state index in [-0.39, 0.29) is 11.3 Å². The Morgan fingerprint density at radius 1 is 1.18 bits per heavy atom. The fourth-order valence-electron chi connectivity index (χ4n) is 4.08. The number of carbonyl (C=O) groups excluding carboxylic acids is 1. The standard InChI is InChI=1S/C21H23ClN4O.C2HF3O2/c22-17-6-9-24-20-19(17)15(13-25-20)12-18(27)26-10-7-21(14-23,8-11-26)16-4-2-1-3-5-16;3-2(4,5)1(6)7/h1-6,9,13H,7-8,10-12,14,23H2,(H,24,25);(H,6,7). The summed E-state index contributed by atoms with van der Waals surface area (Å²) in [4.78, 5) is 31.1. The number of aromatic nitrogens is 2. The SMILES string of the molecule is NCC1(c2ccccc2)CCN(C(=O)Cc2c[nH]c3nccc(Cl)c23)CC1.O=C(O)C(F)(F)F. The van der Waals surface area contributed by atoms with E-state index in [1.165, 1.54) is 5.56 Å². The Balaban J connectivity index is 0.000000406. The minimum Gasteiger partial charge on any atom is -0.475 e. The number of nitrogens with two attached hydrogens (primary N) is 1. The quantitative estimate of drug-likeness (QED) is 0.507. The van der Waals surface area contributed by atoms with Gasteiger partial charge in [0.1, 0.15) is 5.65 Å². The maximum atomic E-state index is 12.9. The molecule has 4 rings (SSSR count). The zero-order valence-corrected chi connectivity index (χ0v) is 18.9. The molecule has 7 nitrogen and oxygen atoms in total. The first-order valence-electron chi connectivity index (χ1n) is 10.5. The molecule has 0 atom stereocenters. The van der Waals surface area contributed by atoms with Crippen molar-refractivity contribution in [2.24, 2.45) is 5.73 Å². The molecule has 0 aliphatic carbocycles. The molecule has 0 unspecified atom stereocenters. The van der Waals surface area contributed by atoms with Crippen molar-refractivity contribution < 1.29 is 27.9 Å². The van der Waals surface area contributed by atoms with Crippen molar-refractivity contribution in [3.63, 3.8) is 0 Å². The molecule has 3 heterocycles. The van der Waals surface area contributed by atoms with Crippen molar-refractivity contribution in [2.45, 2.75) is 30.9 Å². The molecule has 1 fully saturated rings. The van der Waals surface area contributed by atoms with Crippen LogP contribution in [0.25, 0.3) is 11.0 Å². The number of carboxylic acids is 1. The van der Waals surface area contributed by atoms with Crippen LogP contribution in [0.4, 0.5) is 13.2 Å². The number of aliphatic carboxylic acids is 1. The highest BCUT2D eigenvalue weighted by atomic mass is 35.5. The number of hydrogen-bond donors (Lipinski definition) is 3. The number of aromatic amines is 1. The Kier molecular flexibility index (Phi) is 7.83. The number of alkyl halides is 3. The molecular formula is C23H24ClF3N4O3. The molecular weight excluding hydrogens is 473 g/mol. The van der Waals surface area contributed by atoms with E-state index >= 15 is 0 Å². The summed E-state index contributed by atoms with van der Waals surface area (Å²) in [7, 11) is 0. The zero-order chi connectivity index (χ0) is 24.9. The van der Waals surface area contributed by atoms with E-state index < -0.39 is 12.1 Å². The summed E-state index contributed by atoms with van der Waals surface area (Å²) in [6.07, 6.45) is 0.504. The van der Waals surface area contributed by atoms with Crippen molar-refractivity contribution in [1.82, 2.24) is 14.9 Å². The number of pyridine rings is 1. The molecule has 3 aromatic rings. The number of halogens is 4. The molecule has 1 amide bonds. The number of rotatable bonds is 4. The van der Waals surface area contributed by atoms with Gasteiger partial charge in [0.15, 0.2) is 0 Å². The van der Waals surface area contributed by atoms with Gasteiger partial charge in [0.05, 0.1) is 11.4 Å². The van der Waals surface area contributed by atoms with Crippen molar-refractivity contribution >= 4 is 34.5 Å². The molecule has 182 valence electrons. The van der Waals surface area contributed by atoms with Crippen molar-refractivity contribution in [2.75, 3.05) is 19.6 Å². The van der Waals surface area contributed by atoms with E-state index in [0.717, 1.165) is 42.5 Å². The number of nitrogens with one attached hydrogen (secondary N) is 1. The monoisotopic (exact) mass is 496 g/mol. The number of hydrogen-bond acceptors (Lipinski definition) is 4. The van der Waals surface area contributed by atoms with Gasteiger partial charge in [-0.05, 0) is 30.0 Å². The van der Waals surface area contributed by atoms with E-state index in [4.69, 9.17) is 27.2 Å². The number of carbonyl (C=O) groups is 2. The van der Waals surface area contributed by atoms with Crippen LogP contribution in [0.15, 0.2) is 48.8 Å². The summed E-state index contributed by atoms with van der Waals surface area (Å²) in [6, 6.07) is 12.2. The minimum absolute atomic E-state index is 0.0357. The fourth-order valence-corrected chi connectivity index (χ4v) is 4.35. The first-order valence-corrected chi connectivity index (χ1v) is 10.9. The molecule has 1 aromatic carbocycles. The molecule has 11 heteroatoms. The summed E-state index contributed by atoms with van der Waals surface area (Å²) < 4.78 is 31.7. The number of amides is 1. The Morgan fingerprint density at radius 2 is 1.79 bits per heavy atom. The molecule has 1 aliphatic rings. The first-order chi connectivity index (χ1) is 16.1. The molecule has 34 heavy (non-hydrogen) atoms. The summed E-state index contributed by atoms with van der Waals surface area (Å²) >= 11 is 6.30. The minimum atomic E-state index is -5.08. The fraction of sp³-hybridized carbons (Fsp3) is 0.348. The largest absolute Gasteiger partial charge is 0.490 e. The Labute approximate surface area is 198 Å². The smallest absolute Gasteiger partial charge is 0.475 e. The topological polar surface area (TPSA) is 112 Å². The maximum absolute atomic E-state index is 12.9. The summed E-state index contributed by atoms with van der Waals surface area (Å²) in [5, 5.41) is 8.58. The number of piperidine rings is 1. The number of likely N-dealkylation sites (tertiary alicyclic amines) is 1. The number of benzene rings is 1. The number of carboxylic acid groups (broad SMARTS) is 1. The molecule has 0 bridgehead atoms. The van der Waals surface area contributed by atoms with E-state index in [1.54, 1.807) is 12.3 Å². The third kappa shape index (κ3) is 5.68. The molecule has 0 radical (unpaired) electrons. The third-order valence-electron chi connectivity index (χ3n) is 6.04. The summed E-state index contributed by atoms with van der Waals surface area (Å²) in [5.74, 6) is -2.64. The van der Waals surface area contributed by atoms with Crippen LogP contribution in [-0.4, -0.2) is 57.7 Å². The lowest BCUT2D eigenvalue weighted by Crippen LogP contribution is -2.48. The van der Waals surface area contributed by atoms with Gasteiger partial charge >= 0.3 is 12.1 Å². The summed E-state index contributed by atoms with van der Waals surface area (Å²) in [6.45, 7) is 2.04.